The average molecular weight is 491 g/mol. The Morgan fingerprint density at radius 2 is 1.80 bits per heavy atom. The highest BCUT2D eigenvalue weighted by Crippen LogP contribution is 2.33. The molecule has 7 heteroatoms. The maximum Gasteiger partial charge on any atom is 0.254 e. The number of nitrogens with zero attached hydrogens (tertiary/aromatic N) is 2. The van der Waals surface area contributed by atoms with Crippen LogP contribution in [0, 0.1) is 5.92 Å². The van der Waals surface area contributed by atoms with Crippen molar-refractivity contribution in [3.63, 3.8) is 0 Å². The molecule has 1 atom stereocenters. The zero-order valence-corrected chi connectivity index (χ0v) is 20.7. The second kappa shape index (κ2) is 10.5. The minimum Gasteiger partial charge on any atom is -0.454 e. The number of benzene rings is 2. The van der Waals surface area contributed by atoms with Gasteiger partial charge >= 0.3 is 0 Å². The SMILES string of the molecule is CN(C(=O)c1ccsc1)[C@@H](Cc1ccccc1)C1CCN(C(=O)Cc2ccc3c(c2)OCO3)CC1. The Morgan fingerprint density at radius 3 is 2.54 bits per heavy atom. The fourth-order valence-corrected chi connectivity index (χ4v) is 5.72. The highest BCUT2D eigenvalue weighted by molar-refractivity contribution is 7.08. The zero-order chi connectivity index (χ0) is 24.2. The fraction of sp³-hybridized carbons (Fsp3) is 0.357. The first-order chi connectivity index (χ1) is 17.1. The van der Waals surface area contributed by atoms with Crippen LogP contribution in [0.15, 0.2) is 65.4 Å². The van der Waals surface area contributed by atoms with E-state index in [-0.39, 0.29) is 24.6 Å². The molecule has 2 aliphatic rings. The van der Waals surface area contributed by atoms with Gasteiger partial charge in [0.05, 0.1) is 12.0 Å². The van der Waals surface area contributed by atoms with Crippen molar-refractivity contribution >= 4 is 23.2 Å². The third-order valence-electron chi connectivity index (χ3n) is 7.10. The van der Waals surface area contributed by atoms with Crippen LogP contribution in [0.25, 0.3) is 0 Å². The smallest absolute Gasteiger partial charge is 0.254 e. The third kappa shape index (κ3) is 5.35. The summed E-state index contributed by atoms with van der Waals surface area (Å²) in [7, 11) is 1.92. The van der Waals surface area contributed by atoms with Crippen LogP contribution in [-0.2, 0) is 17.6 Å². The van der Waals surface area contributed by atoms with Crippen LogP contribution in [0.1, 0.15) is 34.3 Å². The van der Waals surface area contributed by atoms with E-state index < -0.39 is 0 Å². The Morgan fingerprint density at radius 1 is 1.03 bits per heavy atom. The predicted octanol–water partition coefficient (Wildman–Crippen LogP) is 4.64. The van der Waals surface area contributed by atoms with Crippen molar-refractivity contribution < 1.29 is 19.1 Å². The van der Waals surface area contributed by atoms with Gasteiger partial charge in [-0.2, -0.15) is 11.3 Å². The van der Waals surface area contributed by atoms with Crippen molar-refractivity contribution in [2.24, 2.45) is 5.92 Å². The van der Waals surface area contributed by atoms with Crippen LogP contribution >= 0.6 is 11.3 Å². The number of hydrogen-bond donors (Lipinski definition) is 0. The summed E-state index contributed by atoms with van der Waals surface area (Å²) in [6, 6.07) is 18.0. The van der Waals surface area contributed by atoms with Crippen LogP contribution in [0.2, 0.25) is 0 Å². The Kier molecular flexibility index (Phi) is 7.04. The highest BCUT2D eigenvalue weighted by atomic mass is 32.1. The van der Waals surface area contributed by atoms with Gasteiger partial charge in [0.15, 0.2) is 11.5 Å². The van der Waals surface area contributed by atoms with Crippen LogP contribution in [0.5, 0.6) is 11.5 Å². The lowest BCUT2D eigenvalue weighted by Gasteiger charge is -2.40. The molecule has 2 amide bonds. The fourth-order valence-electron chi connectivity index (χ4n) is 5.09. The molecule has 0 radical (unpaired) electrons. The van der Waals surface area contributed by atoms with Crippen molar-refractivity contribution in [3.8, 4) is 11.5 Å². The first kappa shape index (κ1) is 23.4. The molecule has 2 aliphatic heterocycles. The van der Waals surface area contributed by atoms with Crippen LogP contribution < -0.4 is 9.47 Å². The summed E-state index contributed by atoms with van der Waals surface area (Å²) >= 11 is 1.54. The van der Waals surface area contributed by atoms with E-state index in [1.54, 1.807) is 11.3 Å². The number of hydrogen-bond acceptors (Lipinski definition) is 5. The molecule has 35 heavy (non-hydrogen) atoms. The number of piperidine rings is 1. The lowest BCUT2D eigenvalue weighted by molar-refractivity contribution is -0.132. The normalized spacial score (nSPS) is 16.2. The number of ether oxygens (including phenoxy) is 2. The quantitative estimate of drug-likeness (QED) is 0.484. The van der Waals surface area contributed by atoms with Gasteiger partial charge in [-0.05, 0) is 59.9 Å². The van der Waals surface area contributed by atoms with E-state index in [2.05, 4.69) is 12.1 Å². The first-order valence-corrected chi connectivity index (χ1v) is 13.0. The Labute approximate surface area is 210 Å². The predicted molar refractivity (Wildman–Crippen MR) is 136 cm³/mol. The third-order valence-corrected chi connectivity index (χ3v) is 7.79. The summed E-state index contributed by atoms with van der Waals surface area (Å²) in [5, 5.41) is 3.85. The maximum atomic E-state index is 13.2. The number of carbonyl (C=O) groups excluding carboxylic acids is 2. The van der Waals surface area contributed by atoms with Gasteiger partial charge in [-0.3, -0.25) is 9.59 Å². The number of carbonyl (C=O) groups is 2. The van der Waals surface area contributed by atoms with Gasteiger partial charge in [0.25, 0.3) is 5.91 Å². The monoisotopic (exact) mass is 490 g/mol. The van der Waals surface area contributed by atoms with Crippen LogP contribution in [0.4, 0.5) is 0 Å². The van der Waals surface area contributed by atoms with E-state index >= 15 is 0 Å². The molecule has 0 unspecified atom stereocenters. The van der Waals surface area contributed by atoms with Crippen molar-refractivity contribution in [3.05, 3.63) is 82.0 Å². The Bertz CT molecular complexity index is 1160. The van der Waals surface area contributed by atoms with E-state index in [0.29, 0.717) is 31.2 Å². The van der Waals surface area contributed by atoms with Gasteiger partial charge < -0.3 is 19.3 Å². The molecule has 1 aromatic heterocycles. The van der Waals surface area contributed by atoms with Gasteiger partial charge in [0.1, 0.15) is 0 Å². The minimum atomic E-state index is 0.0634. The Balaban J connectivity index is 1.24. The van der Waals surface area contributed by atoms with E-state index in [1.165, 1.54) is 5.56 Å². The number of thiophene rings is 1. The molecule has 0 spiro atoms. The lowest BCUT2D eigenvalue weighted by atomic mass is 9.84. The number of likely N-dealkylation sites (tertiary alicyclic amines) is 1. The highest BCUT2D eigenvalue weighted by Gasteiger charge is 2.33. The molecular weight excluding hydrogens is 460 g/mol. The molecule has 0 aliphatic carbocycles. The summed E-state index contributed by atoms with van der Waals surface area (Å²) in [4.78, 5) is 30.1. The van der Waals surface area contributed by atoms with Gasteiger partial charge in [-0.25, -0.2) is 0 Å². The molecule has 3 aromatic rings. The van der Waals surface area contributed by atoms with Gasteiger partial charge in [0, 0.05) is 31.6 Å². The van der Waals surface area contributed by atoms with Crippen molar-refractivity contribution in [1.29, 1.82) is 0 Å². The summed E-state index contributed by atoms with van der Waals surface area (Å²) in [5.41, 5.74) is 2.90. The van der Waals surface area contributed by atoms with Crippen molar-refractivity contribution in [1.82, 2.24) is 9.80 Å². The summed E-state index contributed by atoms with van der Waals surface area (Å²) in [6.07, 6.45) is 2.92. The molecular formula is C28H30N2O4S. The molecule has 5 rings (SSSR count). The lowest BCUT2D eigenvalue weighted by Crippen LogP contribution is -2.48. The molecule has 1 saturated heterocycles. The second-order valence-corrected chi connectivity index (χ2v) is 10.0. The maximum absolute atomic E-state index is 13.2. The largest absolute Gasteiger partial charge is 0.454 e. The Hall–Kier alpha value is -3.32. The first-order valence-electron chi connectivity index (χ1n) is 12.1. The zero-order valence-electron chi connectivity index (χ0n) is 19.9. The molecule has 0 bridgehead atoms. The number of fused-ring (bicyclic) bond motifs is 1. The minimum absolute atomic E-state index is 0.0634. The number of likely N-dealkylation sites (N-methyl/N-ethyl adjacent to an activating group) is 1. The molecule has 3 heterocycles. The molecule has 2 aromatic carbocycles. The van der Waals surface area contributed by atoms with E-state index in [1.807, 2.05) is 70.1 Å². The van der Waals surface area contributed by atoms with Crippen molar-refractivity contribution in [2.45, 2.75) is 31.7 Å². The van der Waals surface area contributed by atoms with Gasteiger partial charge in [-0.1, -0.05) is 36.4 Å². The summed E-state index contributed by atoms with van der Waals surface area (Å²) < 4.78 is 10.8. The van der Waals surface area contributed by atoms with Gasteiger partial charge in [-0.15, -0.1) is 0 Å². The van der Waals surface area contributed by atoms with Gasteiger partial charge in [0.2, 0.25) is 12.7 Å². The van der Waals surface area contributed by atoms with E-state index in [9.17, 15) is 9.59 Å². The summed E-state index contributed by atoms with van der Waals surface area (Å²) in [5.74, 6) is 1.96. The van der Waals surface area contributed by atoms with E-state index in [0.717, 1.165) is 36.1 Å². The average Bonchev–Trinajstić information content (AvgIpc) is 3.59. The molecule has 0 N–H and O–H groups in total. The molecule has 1 fully saturated rings. The molecule has 0 saturated carbocycles. The molecule has 6 nitrogen and oxygen atoms in total. The topological polar surface area (TPSA) is 59.1 Å². The van der Waals surface area contributed by atoms with Crippen LogP contribution in [-0.4, -0.2) is 54.6 Å². The van der Waals surface area contributed by atoms with Crippen molar-refractivity contribution in [2.75, 3.05) is 26.9 Å². The molecule has 182 valence electrons. The number of amides is 2. The van der Waals surface area contributed by atoms with E-state index in [4.69, 9.17) is 9.47 Å². The standard InChI is InChI=1S/C28H30N2O4S/c1-29(28(32)23-11-14-35-18-23)24(15-20-5-3-2-4-6-20)22-9-12-30(13-10-22)27(31)17-21-7-8-25-26(16-21)34-19-33-25/h2-8,11,14,16,18,22,24H,9-10,12-13,15,17,19H2,1H3/t24-/m0/s1. The second-order valence-electron chi connectivity index (χ2n) is 9.27. The van der Waals surface area contributed by atoms with Crippen LogP contribution in [0.3, 0.4) is 0 Å². The summed E-state index contributed by atoms with van der Waals surface area (Å²) in [6.45, 7) is 1.65. The number of rotatable bonds is 7.